The Kier molecular flexibility index (Phi) is 8.14. The van der Waals surface area contributed by atoms with Gasteiger partial charge < -0.3 is 15.2 Å². The van der Waals surface area contributed by atoms with Crippen LogP contribution in [0.5, 0.6) is 0 Å². The average molecular weight is 599 g/mol. The van der Waals surface area contributed by atoms with E-state index < -0.39 is 11.6 Å². The molecule has 4 heterocycles. The number of carboxylic acid groups (broad SMARTS) is 1. The first-order valence-electron chi connectivity index (χ1n) is 13.4. The maximum absolute atomic E-state index is 11.7. The van der Waals surface area contributed by atoms with Crippen molar-refractivity contribution < 1.29 is 15.0 Å². The van der Waals surface area contributed by atoms with Crippen LogP contribution >= 0.6 is 22.9 Å². The van der Waals surface area contributed by atoms with Gasteiger partial charge in [0.1, 0.15) is 10.7 Å². The molecule has 6 rings (SSSR count). The van der Waals surface area contributed by atoms with Crippen molar-refractivity contribution in [3.63, 3.8) is 0 Å². The summed E-state index contributed by atoms with van der Waals surface area (Å²) >= 11 is 7.69. The van der Waals surface area contributed by atoms with Gasteiger partial charge >= 0.3 is 5.97 Å². The van der Waals surface area contributed by atoms with E-state index >= 15 is 0 Å². The second kappa shape index (κ2) is 11.6. The molecule has 0 saturated carbocycles. The topological polar surface area (TPSA) is 112 Å². The lowest BCUT2D eigenvalue weighted by Gasteiger charge is -2.13. The van der Waals surface area contributed by atoms with Gasteiger partial charge in [-0.3, -0.25) is 9.78 Å². The SMILES string of the molecule is CC(C)(C)O.Cc1cc2cc(-c3cc(-c4nc5cc(C)c(CC(=O)O)c(-c6ccc(Cl)cc6)c5s4)ccn3)cnc2[nH]1. The zero-order valence-electron chi connectivity index (χ0n) is 24.0. The third-order valence-corrected chi connectivity index (χ3v) is 7.77. The fourth-order valence-electron chi connectivity index (χ4n) is 4.67. The van der Waals surface area contributed by atoms with Gasteiger partial charge in [-0.2, -0.15) is 0 Å². The van der Waals surface area contributed by atoms with Gasteiger partial charge in [0.05, 0.1) is 27.9 Å². The molecule has 0 aliphatic carbocycles. The van der Waals surface area contributed by atoms with E-state index in [0.29, 0.717) is 5.02 Å². The zero-order valence-corrected chi connectivity index (χ0v) is 25.6. The molecule has 7 nitrogen and oxygen atoms in total. The number of aromatic amines is 1. The lowest BCUT2D eigenvalue weighted by Crippen LogP contribution is -2.10. The number of pyridine rings is 2. The highest BCUT2D eigenvalue weighted by Gasteiger charge is 2.20. The van der Waals surface area contributed by atoms with Gasteiger partial charge in [-0.25, -0.2) is 9.97 Å². The van der Waals surface area contributed by atoms with Crippen LogP contribution in [0.4, 0.5) is 0 Å². The van der Waals surface area contributed by atoms with Gasteiger partial charge in [0, 0.05) is 45.2 Å². The Balaban J connectivity index is 0.000000652. The number of hydrogen-bond acceptors (Lipinski definition) is 6. The Morgan fingerprint density at radius 2 is 1.69 bits per heavy atom. The number of aliphatic hydroxyl groups is 1. The summed E-state index contributed by atoms with van der Waals surface area (Å²) in [7, 11) is 0. The Hall–Kier alpha value is -4.11. The number of aliphatic carboxylic acids is 1. The molecule has 0 aliphatic rings. The molecule has 6 aromatic rings. The van der Waals surface area contributed by atoms with Crippen LogP contribution in [0.2, 0.25) is 5.02 Å². The molecule has 0 unspecified atom stereocenters. The fraction of sp³-hybridized carbons (Fsp3) is 0.212. The van der Waals surface area contributed by atoms with Crippen molar-refractivity contribution in [1.82, 2.24) is 19.9 Å². The largest absolute Gasteiger partial charge is 0.481 e. The van der Waals surface area contributed by atoms with Gasteiger partial charge in [0.15, 0.2) is 0 Å². The lowest BCUT2D eigenvalue weighted by molar-refractivity contribution is -0.136. The zero-order chi connectivity index (χ0) is 30.2. The summed E-state index contributed by atoms with van der Waals surface area (Å²) in [6.07, 6.45) is 3.54. The van der Waals surface area contributed by atoms with Crippen molar-refractivity contribution in [2.75, 3.05) is 0 Å². The predicted octanol–water partition coefficient (Wildman–Crippen LogP) is 8.24. The highest BCUT2D eigenvalue weighted by Crippen LogP contribution is 2.41. The molecule has 4 aromatic heterocycles. The van der Waals surface area contributed by atoms with Crippen molar-refractivity contribution in [2.45, 2.75) is 46.6 Å². The van der Waals surface area contributed by atoms with Gasteiger partial charge in [-0.05, 0) is 93.8 Å². The maximum Gasteiger partial charge on any atom is 0.307 e. The number of carboxylic acids is 1. The van der Waals surface area contributed by atoms with E-state index in [4.69, 9.17) is 21.7 Å². The summed E-state index contributed by atoms with van der Waals surface area (Å²) in [4.78, 5) is 29.1. The Morgan fingerprint density at radius 1 is 0.976 bits per heavy atom. The molecule has 0 spiro atoms. The number of fused-ring (bicyclic) bond motifs is 2. The van der Waals surface area contributed by atoms with Gasteiger partial charge in [-0.15, -0.1) is 11.3 Å². The van der Waals surface area contributed by atoms with E-state index in [-0.39, 0.29) is 6.42 Å². The predicted molar refractivity (Wildman–Crippen MR) is 171 cm³/mol. The minimum Gasteiger partial charge on any atom is -0.481 e. The first-order valence-corrected chi connectivity index (χ1v) is 14.6. The van der Waals surface area contributed by atoms with Crippen LogP contribution in [0.25, 0.3) is 54.2 Å². The molecule has 0 atom stereocenters. The Bertz CT molecular complexity index is 1910. The second-order valence-corrected chi connectivity index (χ2v) is 12.6. The number of H-pyrrole nitrogens is 1. The van der Waals surface area contributed by atoms with Crippen LogP contribution in [-0.4, -0.2) is 41.7 Å². The van der Waals surface area contributed by atoms with Crippen molar-refractivity contribution in [1.29, 1.82) is 0 Å². The number of rotatable bonds is 5. The lowest BCUT2D eigenvalue weighted by atomic mass is 9.93. The van der Waals surface area contributed by atoms with Crippen LogP contribution in [0, 0.1) is 13.8 Å². The number of aryl methyl sites for hydroxylation is 2. The van der Waals surface area contributed by atoms with Gasteiger partial charge in [0.2, 0.25) is 0 Å². The first-order chi connectivity index (χ1) is 19.9. The molecule has 0 aliphatic heterocycles. The maximum atomic E-state index is 11.7. The monoisotopic (exact) mass is 598 g/mol. The summed E-state index contributed by atoms with van der Waals surface area (Å²) < 4.78 is 0.948. The van der Waals surface area contributed by atoms with Crippen molar-refractivity contribution in [2.24, 2.45) is 0 Å². The quantitative estimate of drug-likeness (QED) is 0.184. The highest BCUT2D eigenvalue weighted by atomic mass is 35.5. The molecule has 2 aromatic carbocycles. The van der Waals surface area contributed by atoms with Crippen LogP contribution in [-0.2, 0) is 11.2 Å². The van der Waals surface area contributed by atoms with Crippen molar-refractivity contribution in [3.8, 4) is 33.0 Å². The summed E-state index contributed by atoms with van der Waals surface area (Å²) in [5.41, 5.74) is 8.42. The molecule has 214 valence electrons. The summed E-state index contributed by atoms with van der Waals surface area (Å²) in [5, 5.41) is 20.6. The molecule has 0 saturated heterocycles. The number of thiazole rings is 1. The highest BCUT2D eigenvalue weighted by molar-refractivity contribution is 7.22. The molecule has 3 N–H and O–H groups in total. The van der Waals surface area contributed by atoms with Gasteiger partial charge in [-0.1, -0.05) is 23.7 Å². The number of nitrogens with one attached hydrogen (secondary N) is 1. The normalized spacial score (nSPS) is 11.5. The molecule has 0 radical (unpaired) electrons. The van der Waals surface area contributed by atoms with E-state index in [1.165, 1.54) is 0 Å². The molecule has 9 heteroatoms. The van der Waals surface area contributed by atoms with Crippen LogP contribution < -0.4 is 0 Å². The summed E-state index contributed by atoms with van der Waals surface area (Å²) in [6, 6.07) is 17.6. The second-order valence-electron chi connectivity index (χ2n) is 11.2. The van der Waals surface area contributed by atoms with E-state index in [0.717, 1.165) is 71.0 Å². The number of hydrogen-bond donors (Lipinski definition) is 3. The number of aromatic nitrogens is 4. The minimum absolute atomic E-state index is 0.0690. The fourth-order valence-corrected chi connectivity index (χ4v) is 5.93. The molecule has 0 amide bonds. The number of carbonyl (C=O) groups is 1. The van der Waals surface area contributed by atoms with Crippen molar-refractivity contribution in [3.05, 3.63) is 88.8 Å². The first kappa shape index (κ1) is 29.4. The van der Waals surface area contributed by atoms with E-state index in [1.54, 1.807) is 38.3 Å². The number of nitrogens with zero attached hydrogens (tertiary/aromatic N) is 3. The molecular formula is C33H31ClN4O3S. The van der Waals surface area contributed by atoms with E-state index in [9.17, 15) is 9.90 Å². The summed E-state index contributed by atoms with van der Waals surface area (Å²) in [5.74, 6) is -0.871. The smallest absolute Gasteiger partial charge is 0.307 e. The third-order valence-electron chi connectivity index (χ3n) is 6.38. The third kappa shape index (κ3) is 6.68. The van der Waals surface area contributed by atoms with Crippen molar-refractivity contribution >= 4 is 50.2 Å². The molecular weight excluding hydrogens is 568 g/mol. The van der Waals surface area contributed by atoms with E-state index in [2.05, 4.69) is 27.1 Å². The van der Waals surface area contributed by atoms with Crippen LogP contribution in [0.3, 0.4) is 0 Å². The average Bonchev–Trinajstić information content (AvgIpc) is 3.50. The molecule has 42 heavy (non-hydrogen) atoms. The molecule has 0 bridgehead atoms. The number of benzene rings is 2. The molecule has 0 fully saturated rings. The van der Waals surface area contributed by atoms with Crippen LogP contribution in [0.1, 0.15) is 37.6 Å². The standard InChI is InChI=1S/C29H21ClN4O2S.C4H10O/c1-15-9-24-27(26(22(15)13-25(35)36)17-3-5-21(30)6-4-17)37-29(34-24)18-7-8-31-23(12-18)20-11-19-10-16(2)33-28(19)32-14-20;1-4(2,3)5/h3-12,14H,13H2,1-2H3,(H,32,33)(H,35,36);5H,1-3H3. The summed E-state index contributed by atoms with van der Waals surface area (Å²) in [6.45, 7) is 9.18. The minimum atomic E-state index is -0.871. The van der Waals surface area contributed by atoms with E-state index in [1.807, 2.05) is 62.5 Å². The van der Waals surface area contributed by atoms with Gasteiger partial charge in [0.25, 0.3) is 0 Å². The Morgan fingerprint density at radius 3 is 2.38 bits per heavy atom. The van der Waals surface area contributed by atoms with Crippen LogP contribution in [0.15, 0.2) is 67.0 Å². The Labute approximate surface area is 252 Å². The number of halogens is 1.